The summed E-state index contributed by atoms with van der Waals surface area (Å²) in [5, 5.41) is 10.6. The van der Waals surface area contributed by atoms with E-state index in [1.54, 1.807) is 6.08 Å². The normalized spacial score (nSPS) is 18.6. The Balaban J connectivity index is 1.21. The highest BCUT2D eigenvalue weighted by atomic mass is 16.5. The molecule has 2 heterocycles. The van der Waals surface area contributed by atoms with Crippen LogP contribution in [0.3, 0.4) is 0 Å². The van der Waals surface area contributed by atoms with E-state index < -0.39 is 6.10 Å². The predicted molar refractivity (Wildman–Crippen MR) is 132 cm³/mol. The minimum absolute atomic E-state index is 0.0537. The number of amides is 1. The van der Waals surface area contributed by atoms with Gasteiger partial charge in [-0.25, -0.2) is 0 Å². The fraction of sp³-hybridized carbons (Fsp3) is 0.464. The Bertz CT molecular complexity index is 900. The van der Waals surface area contributed by atoms with Crippen LogP contribution in [-0.4, -0.2) is 66.2 Å². The van der Waals surface area contributed by atoms with Gasteiger partial charge in [0.15, 0.2) is 0 Å². The van der Waals surface area contributed by atoms with E-state index in [0.29, 0.717) is 12.3 Å². The van der Waals surface area contributed by atoms with E-state index in [0.717, 1.165) is 56.9 Å². The number of rotatable bonds is 9. The van der Waals surface area contributed by atoms with E-state index in [-0.39, 0.29) is 12.5 Å². The van der Waals surface area contributed by atoms with Gasteiger partial charge in [0.25, 0.3) is 0 Å². The number of aliphatic hydroxyl groups is 1. The number of carbonyl (C=O) groups is 1. The average molecular weight is 449 g/mol. The molecule has 2 aromatic rings. The Labute approximate surface area is 197 Å². The van der Waals surface area contributed by atoms with Gasteiger partial charge in [0.1, 0.15) is 18.5 Å². The van der Waals surface area contributed by atoms with E-state index in [2.05, 4.69) is 35.2 Å². The molecule has 1 atom stereocenters. The molecule has 4 rings (SSSR count). The minimum atomic E-state index is -0.543. The number of hydrogen-bond donors (Lipinski definition) is 1. The van der Waals surface area contributed by atoms with Gasteiger partial charge in [0.05, 0.1) is 0 Å². The molecule has 0 saturated carbocycles. The second kappa shape index (κ2) is 12.0. The van der Waals surface area contributed by atoms with E-state index in [1.807, 2.05) is 35.2 Å². The quantitative estimate of drug-likeness (QED) is 0.589. The summed E-state index contributed by atoms with van der Waals surface area (Å²) in [4.78, 5) is 16.5. The largest absolute Gasteiger partial charge is 0.490 e. The highest BCUT2D eigenvalue weighted by molar-refractivity contribution is 5.92. The Morgan fingerprint density at radius 2 is 1.70 bits per heavy atom. The summed E-state index contributed by atoms with van der Waals surface area (Å²) in [5.41, 5.74) is 2.28. The third-order valence-electron chi connectivity index (χ3n) is 6.72. The van der Waals surface area contributed by atoms with E-state index in [4.69, 9.17) is 4.74 Å². The van der Waals surface area contributed by atoms with Crippen molar-refractivity contribution in [3.8, 4) is 5.75 Å². The van der Waals surface area contributed by atoms with Gasteiger partial charge in [-0.05, 0) is 68.8 Å². The minimum Gasteiger partial charge on any atom is -0.490 e. The van der Waals surface area contributed by atoms with Crippen molar-refractivity contribution in [2.45, 2.75) is 38.2 Å². The molecule has 2 saturated heterocycles. The molecular formula is C28H36N2O3. The maximum atomic E-state index is 12.3. The van der Waals surface area contributed by atoms with Gasteiger partial charge in [0.2, 0.25) is 5.91 Å². The number of para-hydroxylation sites is 1. The van der Waals surface area contributed by atoms with Crippen LogP contribution in [0, 0.1) is 5.92 Å². The fourth-order valence-electron chi connectivity index (χ4n) is 4.81. The standard InChI is InChI=1S/C28H36N2O3/c31-26(21-29-18-14-24(15-19-29)20-23-8-2-1-3-9-23)22-33-27-11-5-4-10-25(27)12-13-28(32)30-16-6-7-17-30/h1-5,8-13,24,26,31H,6-7,14-22H2. The first kappa shape index (κ1) is 23.5. The molecule has 1 N–H and O–H groups in total. The molecule has 33 heavy (non-hydrogen) atoms. The predicted octanol–water partition coefficient (Wildman–Crippen LogP) is 4.02. The maximum absolute atomic E-state index is 12.3. The van der Waals surface area contributed by atoms with E-state index in [9.17, 15) is 9.90 Å². The first-order valence-electron chi connectivity index (χ1n) is 12.3. The Morgan fingerprint density at radius 3 is 2.45 bits per heavy atom. The van der Waals surface area contributed by atoms with Gasteiger partial charge < -0.3 is 19.6 Å². The van der Waals surface area contributed by atoms with Crippen molar-refractivity contribution in [2.75, 3.05) is 39.3 Å². The van der Waals surface area contributed by atoms with Gasteiger partial charge in [0, 0.05) is 31.3 Å². The number of β-amino-alcohol motifs (C(OH)–C–C–N with tert-alkyl or cyclic N) is 1. The number of carbonyl (C=O) groups excluding carboxylic acids is 1. The molecule has 2 aliphatic rings. The molecule has 2 fully saturated rings. The van der Waals surface area contributed by atoms with Gasteiger partial charge in [-0.2, -0.15) is 0 Å². The van der Waals surface area contributed by atoms with Crippen molar-refractivity contribution in [1.29, 1.82) is 0 Å². The highest BCUT2D eigenvalue weighted by Crippen LogP contribution is 2.23. The molecule has 0 aliphatic carbocycles. The smallest absolute Gasteiger partial charge is 0.246 e. The molecule has 0 aromatic heterocycles. The van der Waals surface area contributed by atoms with Gasteiger partial charge in [-0.1, -0.05) is 48.5 Å². The lowest BCUT2D eigenvalue weighted by atomic mass is 9.90. The van der Waals surface area contributed by atoms with Crippen molar-refractivity contribution in [2.24, 2.45) is 5.92 Å². The van der Waals surface area contributed by atoms with Crippen molar-refractivity contribution < 1.29 is 14.6 Å². The Hall–Kier alpha value is -2.63. The van der Waals surface area contributed by atoms with Gasteiger partial charge >= 0.3 is 0 Å². The lowest BCUT2D eigenvalue weighted by molar-refractivity contribution is -0.124. The highest BCUT2D eigenvalue weighted by Gasteiger charge is 2.21. The molecule has 0 spiro atoms. The molecule has 0 bridgehead atoms. The zero-order chi connectivity index (χ0) is 22.9. The van der Waals surface area contributed by atoms with Crippen LogP contribution < -0.4 is 4.74 Å². The molecule has 5 heteroatoms. The molecule has 1 amide bonds. The van der Waals surface area contributed by atoms with Crippen LogP contribution in [0.2, 0.25) is 0 Å². The van der Waals surface area contributed by atoms with E-state index in [1.165, 1.54) is 18.4 Å². The van der Waals surface area contributed by atoms with Crippen molar-refractivity contribution in [1.82, 2.24) is 9.80 Å². The molecule has 2 aromatic carbocycles. The first-order chi connectivity index (χ1) is 16.2. The lowest BCUT2D eigenvalue weighted by Gasteiger charge is -2.33. The summed E-state index contributed by atoms with van der Waals surface area (Å²) >= 11 is 0. The summed E-state index contributed by atoms with van der Waals surface area (Å²) in [6.45, 7) is 4.60. The number of likely N-dealkylation sites (tertiary alicyclic amines) is 2. The Kier molecular flexibility index (Phi) is 8.56. The molecule has 1 unspecified atom stereocenters. The van der Waals surface area contributed by atoms with Crippen molar-refractivity contribution in [3.05, 3.63) is 71.8 Å². The van der Waals surface area contributed by atoms with Gasteiger partial charge in [-0.3, -0.25) is 4.79 Å². The number of nitrogens with zero attached hydrogens (tertiary/aromatic N) is 2. The fourth-order valence-corrected chi connectivity index (χ4v) is 4.81. The van der Waals surface area contributed by atoms with Crippen LogP contribution in [0.5, 0.6) is 5.75 Å². The third kappa shape index (κ3) is 7.18. The second-order valence-electron chi connectivity index (χ2n) is 9.30. The van der Waals surface area contributed by atoms with Crippen LogP contribution in [0.15, 0.2) is 60.7 Å². The summed E-state index contributed by atoms with van der Waals surface area (Å²) in [7, 11) is 0. The average Bonchev–Trinajstić information content (AvgIpc) is 3.39. The van der Waals surface area contributed by atoms with E-state index >= 15 is 0 Å². The SMILES string of the molecule is O=C(C=Cc1ccccc1OCC(O)CN1CCC(Cc2ccccc2)CC1)N1CCCC1. The summed E-state index contributed by atoms with van der Waals surface area (Å²) in [5.74, 6) is 1.47. The first-order valence-corrected chi connectivity index (χ1v) is 12.3. The number of piperidine rings is 1. The summed E-state index contributed by atoms with van der Waals surface area (Å²) in [6, 6.07) is 18.4. The zero-order valence-corrected chi connectivity index (χ0v) is 19.4. The summed E-state index contributed by atoms with van der Waals surface area (Å²) in [6.07, 6.45) is 8.55. The topological polar surface area (TPSA) is 53.0 Å². The van der Waals surface area contributed by atoms with Gasteiger partial charge in [-0.15, -0.1) is 0 Å². The molecule has 2 aliphatic heterocycles. The molecule has 176 valence electrons. The number of aliphatic hydroxyl groups excluding tert-OH is 1. The molecule has 0 radical (unpaired) electrons. The van der Waals surface area contributed by atoms with Crippen LogP contribution in [0.4, 0.5) is 0 Å². The third-order valence-corrected chi connectivity index (χ3v) is 6.72. The van der Waals surface area contributed by atoms with Crippen LogP contribution in [0.1, 0.15) is 36.8 Å². The number of ether oxygens (including phenoxy) is 1. The second-order valence-corrected chi connectivity index (χ2v) is 9.30. The van der Waals surface area contributed by atoms with Crippen molar-refractivity contribution >= 4 is 12.0 Å². The summed E-state index contributed by atoms with van der Waals surface area (Å²) < 4.78 is 5.95. The van der Waals surface area contributed by atoms with Crippen LogP contribution in [0.25, 0.3) is 6.08 Å². The monoisotopic (exact) mass is 448 g/mol. The van der Waals surface area contributed by atoms with Crippen LogP contribution in [-0.2, 0) is 11.2 Å². The lowest BCUT2D eigenvalue weighted by Crippen LogP contribution is -2.41. The Morgan fingerprint density at radius 1 is 1.00 bits per heavy atom. The maximum Gasteiger partial charge on any atom is 0.246 e. The number of benzene rings is 2. The van der Waals surface area contributed by atoms with Crippen LogP contribution >= 0.6 is 0 Å². The number of hydrogen-bond acceptors (Lipinski definition) is 4. The van der Waals surface area contributed by atoms with Crippen molar-refractivity contribution in [3.63, 3.8) is 0 Å². The molecular weight excluding hydrogens is 412 g/mol. The zero-order valence-electron chi connectivity index (χ0n) is 19.4. The molecule has 5 nitrogen and oxygen atoms in total.